The molecule has 6 heteroatoms. The molecule has 1 unspecified atom stereocenters. The average Bonchev–Trinajstić information content (AvgIpc) is 3.08. The molecule has 1 aliphatic heterocycles. The van der Waals surface area contributed by atoms with Gasteiger partial charge in [-0.1, -0.05) is 24.3 Å². The van der Waals surface area contributed by atoms with Gasteiger partial charge in [0.05, 0.1) is 31.4 Å². The average molecular weight is 450 g/mol. The van der Waals surface area contributed by atoms with Crippen LogP contribution in [0.1, 0.15) is 55.0 Å². The Hall–Kier alpha value is -3.12. The first-order valence-electron chi connectivity index (χ1n) is 11.6. The van der Waals surface area contributed by atoms with Crippen molar-refractivity contribution in [2.24, 2.45) is 0 Å². The molecule has 4 rings (SSSR count). The Balaban J connectivity index is 1.77. The second kappa shape index (κ2) is 9.79. The summed E-state index contributed by atoms with van der Waals surface area (Å²) < 4.78 is 10.9. The summed E-state index contributed by atoms with van der Waals surface area (Å²) in [5, 5.41) is 11.3. The van der Waals surface area contributed by atoms with E-state index < -0.39 is 17.7 Å². The number of aliphatic hydroxyl groups is 1. The van der Waals surface area contributed by atoms with Crippen molar-refractivity contribution in [3.05, 3.63) is 70.3 Å². The van der Waals surface area contributed by atoms with Gasteiger partial charge < -0.3 is 19.5 Å². The van der Waals surface area contributed by atoms with Gasteiger partial charge in [0.1, 0.15) is 11.5 Å². The number of rotatable bonds is 7. The van der Waals surface area contributed by atoms with Gasteiger partial charge in [0.2, 0.25) is 0 Å². The Kier molecular flexibility index (Phi) is 6.84. The van der Waals surface area contributed by atoms with Gasteiger partial charge in [0.15, 0.2) is 0 Å². The highest BCUT2D eigenvalue weighted by atomic mass is 16.5. The maximum absolute atomic E-state index is 13.1. The summed E-state index contributed by atoms with van der Waals surface area (Å²) in [5.41, 5.74) is 3.91. The largest absolute Gasteiger partial charge is 0.507 e. The highest BCUT2D eigenvalue weighted by Gasteiger charge is 2.46. The van der Waals surface area contributed by atoms with Gasteiger partial charge in [-0.05, 0) is 74.4 Å². The molecule has 1 N–H and O–H groups in total. The van der Waals surface area contributed by atoms with Crippen molar-refractivity contribution < 1.29 is 24.2 Å². The third-order valence-corrected chi connectivity index (χ3v) is 6.38. The molecule has 0 spiro atoms. The Labute approximate surface area is 194 Å². The zero-order chi connectivity index (χ0) is 23.5. The molecule has 6 nitrogen and oxygen atoms in total. The Morgan fingerprint density at radius 2 is 1.76 bits per heavy atom. The fourth-order valence-corrected chi connectivity index (χ4v) is 4.67. The van der Waals surface area contributed by atoms with E-state index in [0.717, 1.165) is 24.8 Å². The van der Waals surface area contributed by atoms with Crippen LogP contribution in [-0.2, 0) is 27.2 Å². The summed E-state index contributed by atoms with van der Waals surface area (Å²) in [5.74, 6) is -0.749. The number of ether oxygens (including phenoxy) is 2. The number of Topliss-reactive ketones (excluding diaryl/α,β-unsaturated/α-hetero) is 1. The zero-order valence-electron chi connectivity index (χ0n) is 19.5. The molecular weight excluding hydrogens is 418 g/mol. The molecule has 0 bridgehead atoms. The van der Waals surface area contributed by atoms with E-state index in [2.05, 4.69) is 0 Å². The van der Waals surface area contributed by atoms with Crippen LogP contribution in [-0.4, -0.2) is 48.1 Å². The smallest absolute Gasteiger partial charge is 0.295 e. The van der Waals surface area contributed by atoms with E-state index >= 15 is 0 Å². The van der Waals surface area contributed by atoms with E-state index in [1.165, 1.54) is 22.4 Å². The number of nitrogens with zero attached hydrogens (tertiary/aromatic N) is 1. The number of methoxy groups -OCH3 is 1. The van der Waals surface area contributed by atoms with Crippen LogP contribution >= 0.6 is 0 Å². The first kappa shape index (κ1) is 23.1. The molecule has 0 saturated carbocycles. The van der Waals surface area contributed by atoms with Crippen LogP contribution < -0.4 is 4.74 Å². The molecular formula is C27H31NO5. The monoisotopic (exact) mass is 449 g/mol. The number of hydrogen-bond acceptors (Lipinski definition) is 5. The molecule has 1 aliphatic carbocycles. The van der Waals surface area contributed by atoms with Crippen molar-refractivity contribution in [3.63, 3.8) is 0 Å². The summed E-state index contributed by atoms with van der Waals surface area (Å²) in [6.07, 6.45) is 4.28. The molecule has 33 heavy (non-hydrogen) atoms. The van der Waals surface area contributed by atoms with Crippen LogP contribution in [0, 0.1) is 0 Å². The third kappa shape index (κ3) is 4.67. The van der Waals surface area contributed by atoms with Crippen LogP contribution in [0.25, 0.3) is 5.76 Å². The number of carbonyl (C=O) groups excluding carboxylic acids is 2. The van der Waals surface area contributed by atoms with Crippen molar-refractivity contribution in [2.75, 3.05) is 20.3 Å². The second-order valence-electron chi connectivity index (χ2n) is 8.88. The number of amides is 1. The second-order valence-corrected chi connectivity index (χ2v) is 8.88. The Morgan fingerprint density at radius 1 is 1.06 bits per heavy atom. The van der Waals surface area contributed by atoms with Crippen molar-refractivity contribution in [1.82, 2.24) is 4.90 Å². The molecule has 0 radical (unpaired) electrons. The van der Waals surface area contributed by atoms with E-state index in [0.29, 0.717) is 17.9 Å². The minimum Gasteiger partial charge on any atom is -0.507 e. The molecule has 1 amide bonds. The molecule has 2 aromatic carbocycles. The van der Waals surface area contributed by atoms with Crippen LogP contribution in [0.4, 0.5) is 0 Å². The number of ketones is 1. The zero-order valence-corrected chi connectivity index (χ0v) is 19.5. The molecule has 2 aliphatic rings. The van der Waals surface area contributed by atoms with E-state index in [9.17, 15) is 14.7 Å². The van der Waals surface area contributed by atoms with E-state index in [1.54, 1.807) is 19.2 Å². The third-order valence-electron chi connectivity index (χ3n) is 6.38. The molecule has 1 heterocycles. The Morgan fingerprint density at radius 3 is 2.42 bits per heavy atom. The normalized spacial score (nSPS) is 19.8. The van der Waals surface area contributed by atoms with Gasteiger partial charge in [-0.25, -0.2) is 0 Å². The van der Waals surface area contributed by atoms with Gasteiger partial charge in [0.25, 0.3) is 11.7 Å². The standard InChI is InChI=1S/C27H31NO5/c1-17(2)33-15-14-28-24(19-10-12-22(32-3)13-11-19)23(26(30)27(28)31)25(29)21-9-8-18-6-4-5-7-20(18)16-21/h8-13,16-17,24,29H,4-7,14-15H2,1-3H3/b25-23-. The van der Waals surface area contributed by atoms with Crippen molar-refractivity contribution in [1.29, 1.82) is 0 Å². The molecule has 1 atom stereocenters. The van der Waals surface area contributed by atoms with Gasteiger partial charge in [-0.15, -0.1) is 0 Å². The van der Waals surface area contributed by atoms with E-state index in [-0.39, 0.29) is 24.0 Å². The molecule has 0 aromatic heterocycles. The first-order chi connectivity index (χ1) is 15.9. The van der Waals surface area contributed by atoms with Crippen LogP contribution in [0.2, 0.25) is 0 Å². The Bertz CT molecular complexity index is 1070. The maximum Gasteiger partial charge on any atom is 0.295 e. The summed E-state index contributed by atoms with van der Waals surface area (Å²) in [6.45, 7) is 4.40. The van der Waals surface area contributed by atoms with Gasteiger partial charge in [0, 0.05) is 12.1 Å². The number of benzene rings is 2. The van der Waals surface area contributed by atoms with Crippen molar-refractivity contribution >= 4 is 17.4 Å². The highest BCUT2D eigenvalue weighted by molar-refractivity contribution is 6.46. The van der Waals surface area contributed by atoms with E-state index in [4.69, 9.17) is 9.47 Å². The fourth-order valence-electron chi connectivity index (χ4n) is 4.67. The minimum atomic E-state index is -0.692. The summed E-state index contributed by atoms with van der Waals surface area (Å²) >= 11 is 0. The van der Waals surface area contributed by atoms with Gasteiger partial charge in [-0.2, -0.15) is 0 Å². The summed E-state index contributed by atoms with van der Waals surface area (Å²) in [7, 11) is 1.58. The van der Waals surface area contributed by atoms with Crippen molar-refractivity contribution in [3.8, 4) is 5.75 Å². The summed E-state index contributed by atoms with van der Waals surface area (Å²) in [4.78, 5) is 27.7. The summed E-state index contributed by atoms with van der Waals surface area (Å²) in [6, 6.07) is 12.4. The first-order valence-corrected chi connectivity index (χ1v) is 11.6. The minimum absolute atomic E-state index is 0.0109. The predicted octanol–water partition coefficient (Wildman–Crippen LogP) is 4.42. The molecule has 174 valence electrons. The highest BCUT2D eigenvalue weighted by Crippen LogP contribution is 2.40. The van der Waals surface area contributed by atoms with E-state index in [1.807, 2.05) is 44.2 Å². The lowest BCUT2D eigenvalue weighted by Gasteiger charge is -2.26. The molecule has 1 fully saturated rings. The lowest BCUT2D eigenvalue weighted by molar-refractivity contribution is -0.140. The topological polar surface area (TPSA) is 76.1 Å². The number of aryl methyl sites for hydroxylation is 2. The number of fused-ring (bicyclic) bond motifs is 1. The van der Waals surface area contributed by atoms with Crippen molar-refractivity contribution in [2.45, 2.75) is 51.7 Å². The lowest BCUT2D eigenvalue weighted by Crippen LogP contribution is -2.33. The maximum atomic E-state index is 13.1. The number of aliphatic hydroxyl groups excluding tert-OH is 1. The molecule has 2 aromatic rings. The molecule has 1 saturated heterocycles. The predicted molar refractivity (Wildman–Crippen MR) is 126 cm³/mol. The quantitative estimate of drug-likeness (QED) is 0.385. The number of hydrogen-bond donors (Lipinski definition) is 1. The van der Waals surface area contributed by atoms with Crippen LogP contribution in [0.5, 0.6) is 5.75 Å². The fraction of sp³-hybridized carbons (Fsp3) is 0.407. The lowest BCUT2D eigenvalue weighted by atomic mass is 9.88. The number of carbonyl (C=O) groups is 2. The van der Waals surface area contributed by atoms with Crippen LogP contribution in [0.15, 0.2) is 48.0 Å². The van der Waals surface area contributed by atoms with Gasteiger partial charge in [-0.3, -0.25) is 9.59 Å². The number of likely N-dealkylation sites (tertiary alicyclic amines) is 1. The van der Waals surface area contributed by atoms with Gasteiger partial charge >= 0.3 is 0 Å². The van der Waals surface area contributed by atoms with Crippen LogP contribution in [0.3, 0.4) is 0 Å². The SMILES string of the molecule is COc1ccc(C2/C(=C(/O)c3ccc4c(c3)CCCC4)C(=O)C(=O)N2CCOC(C)C)cc1.